The summed E-state index contributed by atoms with van der Waals surface area (Å²) in [6.45, 7) is 4.06. The highest BCUT2D eigenvalue weighted by Gasteiger charge is 2.38. The third-order valence-electron chi connectivity index (χ3n) is 6.30. The van der Waals surface area contributed by atoms with Gasteiger partial charge < -0.3 is 10.6 Å². The zero-order valence-corrected chi connectivity index (χ0v) is 14.7. The van der Waals surface area contributed by atoms with E-state index in [9.17, 15) is 4.79 Å². The summed E-state index contributed by atoms with van der Waals surface area (Å²) in [5, 5.41) is 7.43. The molecule has 130 valence electrons. The van der Waals surface area contributed by atoms with Crippen LogP contribution in [0.4, 0.5) is 0 Å². The van der Waals surface area contributed by atoms with Crippen LogP contribution in [0.1, 0.15) is 67.8 Å². The standard InChI is InChI=1S/C20H29N3O/c1-2-15-7-9-20(10-8-15)11-13-23(14-12-20)19(24)17-5-3-16(4-6-17)18(21)22/h3-6,15H,2,7-14H2,1H3,(H3,21,22). The number of nitrogen functional groups attached to an aromatic ring is 1. The average molecular weight is 327 g/mol. The van der Waals surface area contributed by atoms with Gasteiger partial charge in [-0.2, -0.15) is 0 Å². The number of carbonyl (C=O) groups is 1. The van der Waals surface area contributed by atoms with Crippen LogP contribution in [0, 0.1) is 16.7 Å². The first-order valence-electron chi connectivity index (χ1n) is 9.27. The van der Waals surface area contributed by atoms with Gasteiger partial charge in [0, 0.05) is 24.2 Å². The molecule has 1 aromatic carbocycles. The molecule has 1 aromatic rings. The highest BCUT2D eigenvalue weighted by Crippen LogP contribution is 2.47. The fourth-order valence-electron chi connectivity index (χ4n) is 4.36. The highest BCUT2D eigenvalue weighted by atomic mass is 16.2. The molecule has 0 unspecified atom stereocenters. The van der Waals surface area contributed by atoms with Crippen LogP contribution in [0.5, 0.6) is 0 Å². The molecule has 0 bridgehead atoms. The summed E-state index contributed by atoms with van der Waals surface area (Å²) in [6, 6.07) is 7.09. The minimum Gasteiger partial charge on any atom is -0.384 e. The first-order valence-corrected chi connectivity index (χ1v) is 9.27. The largest absolute Gasteiger partial charge is 0.384 e. The van der Waals surface area contributed by atoms with Crippen LogP contribution in [-0.4, -0.2) is 29.7 Å². The normalized spacial score (nSPS) is 21.0. The molecular formula is C20H29N3O. The monoisotopic (exact) mass is 327 g/mol. The second-order valence-corrected chi connectivity index (χ2v) is 7.63. The Balaban J connectivity index is 1.58. The van der Waals surface area contributed by atoms with Crippen molar-refractivity contribution in [2.24, 2.45) is 17.1 Å². The Morgan fingerprint density at radius 3 is 2.17 bits per heavy atom. The lowest BCUT2D eigenvalue weighted by Gasteiger charge is -2.46. The molecule has 1 aliphatic heterocycles. The SMILES string of the molecule is CCC1CCC2(CC1)CCN(C(=O)c1ccc(C(=N)N)cc1)CC2. The summed E-state index contributed by atoms with van der Waals surface area (Å²) in [5.41, 5.74) is 7.33. The lowest BCUT2D eigenvalue weighted by Crippen LogP contribution is -2.44. The molecule has 1 spiro atoms. The molecule has 3 N–H and O–H groups in total. The minimum absolute atomic E-state index is 0.0385. The van der Waals surface area contributed by atoms with E-state index in [2.05, 4.69) is 6.92 Å². The van der Waals surface area contributed by atoms with E-state index in [1.54, 1.807) is 24.3 Å². The van der Waals surface area contributed by atoms with E-state index >= 15 is 0 Å². The van der Waals surface area contributed by atoms with Crippen LogP contribution >= 0.6 is 0 Å². The second-order valence-electron chi connectivity index (χ2n) is 7.63. The Kier molecular flexibility index (Phi) is 4.93. The van der Waals surface area contributed by atoms with E-state index < -0.39 is 0 Å². The second kappa shape index (κ2) is 6.96. The van der Waals surface area contributed by atoms with Gasteiger partial charge in [0.25, 0.3) is 5.91 Å². The summed E-state index contributed by atoms with van der Waals surface area (Å²) < 4.78 is 0. The van der Waals surface area contributed by atoms with Crippen molar-refractivity contribution in [3.05, 3.63) is 35.4 Å². The Bertz CT molecular complexity index is 590. The molecule has 3 rings (SSSR count). The van der Waals surface area contributed by atoms with E-state index in [4.69, 9.17) is 11.1 Å². The van der Waals surface area contributed by atoms with Gasteiger partial charge in [-0.3, -0.25) is 10.2 Å². The number of amides is 1. The topological polar surface area (TPSA) is 70.2 Å². The van der Waals surface area contributed by atoms with E-state index in [-0.39, 0.29) is 11.7 Å². The Hall–Kier alpha value is -1.84. The van der Waals surface area contributed by atoms with Crippen LogP contribution in [0.2, 0.25) is 0 Å². The number of rotatable bonds is 3. The van der Waals surface area contributed by atoms with Gasteiger partial charge in [-0.1, -0.05) is 25.5 Å². The Morgan fingerprint density at radius 2 is 1.67 bits per heavy atom. The Morgan fingerprint density at radius 1 is 1.12 bits per heavy atom. The summed E-state index contributed by atoms with van der Waals surface area (Å²) >= 11 is 0. The van der Waals surface area contributed by atoms with Gasteiger partial charge in [-0.05, 0) is 62.0 Å². The molecule has 2 aliphatic rings. The highest BCUT2D eigenvalue weighted by molar-refractivity contribution is 5.98. The summed E-state index contributed by atoms with van der Waals surface area (Å²) in [7, 11) is 0. The van der Waals surface area contributed by atoms with E-state index in [1.165, 1.54) is 32.1 Å². The van der Waals surface area contributed by atoms with Crippen molar-refractivity contribution in [3.8, 4) is 0 Å². The zero-order valence-electron chi connectivity index (χ0n) is 14.7. The van der Waals surface area contributed by atoms with Gasteiger partial charge in [-0.25, -0.2) is 0 Å². The van der Waals surface area contributed by atoms with E-state index in [0.717, 1.165) is 31.8 Å². The molecule has 1 saturated carbocycles. The van der Waals surface area contributed by atoms with Gasteiger partial charge in [0.2, 0.25) is 0 Å². The number of nitrogens with one attached hydrogen (secondary N) is 1. The van der Waals surface area contributed by atoms with Crippen molar-refractivity contribution in [2.45, 2.75) is 51.9 Å². The van der Waals surface area contributed by atoms with Gasteiger partial charge in [0.1, 0.15) is 5.84 Å². The molecule has 0 aromatic heterocycles. The number of amidine groups is 1. The van der Waals surface area contributed by atoms with Crippen LogP contribution in [0.25, 0.3) is 0 Å². The summed E-state index contributed by atoms with van der Waals surface area (Å²) in [6.07, 6.45) is 9.06. The summed E-state index contributed by atoms with van der Waals surface area (Å²) in [5.74, 6) is 1.08. The molecule has 2 fully saturated rings. The third-order valence-corrected chi connectivity index (χ3v) is 6.30. The maximum Gasteiger partial charge on any atom is 0.253 e. The van der Waals surface area contributed by atoms with E-state index in [0.29, 0.717) is 16.5 Å². The van der Waals surface area contributed by atoms with Crippen LogP contribution in [0.3, 0.4) is 0 Å². The number of hydrogen-bond acceptors (Lipinski definition) is 2. The lowest BCUT2D eigenvalue weighted by molar-refractivity contribution is 0.0399. The third kappa shape index (κ3) is 3.47. The number of nitrogens with two attached hydrogens (primary N) is 1. The predicted octanol–water partition coefficient (Wildman–Crippen LogP) is 3.79. The van der Waals surface area contributed by atoms with Crippen molar-refractivity contribution in [3.63, 3.8) is 0 Å². The number of likely N-dealkylation sites (tertiary alicyclic amines) is 1. The lowest BCUT2D eigenvalue weighted by atomic mass is 9.65. The molecule has 1 heterocycles. The quantitative estimate of drug-likeness (QED) is 0.655. The molecule has 1 amide bonds. The van der Waals surface area contributed by atoms with Crippen molar-refractivity contribution >= 4 is 11.7 Å². The maximum absolute atomic E-state index is 12.7. The first kappa shape index (κ1) is 17.0. The van der Waals surface area contributed by atoms with Crippen LogP contribution < -0.4 is 5.73 Å². The van der Waals surface area contributed by atoms with Crippen molar-refractivity contribution in [1.29, 1.82) is 5.41 Å². The zero-order chi connectivity index (χ0) is 17.2. The predicted molar refractivity (Wildman–Crippen MR) is 97.3 cm³/mol. The fraction of sp³-hybridized carbons (Fsp3) is 0.600. The maximum atomic E-state index is 12.7. The molecule has 24 heavy (non-hydrogen) atoms. The first-order chi connectivity index (χ1) is 11.5. The van der Waals surface area contributed by atoms with Gasteiger partial charge in [0.05, 0.1) is 0 Å². The molecule has 1 saturated heterocycles. The number of hydrogen-bond donors (Lipinski definition) is 2. The molecule has 4 nitrogen and oxygen atoms in total. The molecule has 0 atom stereocenters. The van der Waals surface area contributed by atoms with E-state index in [1.807, 2.05) is 4.90 Å². The molecular weight excluding hydrogens is 298 g/mol. The fourth-order valence-corrected chi connectivity index (χ4v) is 4.36. The van der Waals surface area contributed by atoms with Gasteiger partial charge >= 0.3 is 0 Å². The minimum atomic E-state index is 0.0385. The van der Waals surface area contributed by atoms with Crippen molar-refractivity contribution in [2.75, 3.05) is 13.1 Å². The average Bonchev–Trinajstić information content (AvgIpc) is 2.62. The molecule has 0 radical (unpaired) electrons. The van der Waals surface area contributed by atoms with Gasteiger partial charge in [0.15, 0.2) is 0 Å². The smallest absolute Gasteiger partial charge is 0.253 e. The summed E-state index contributed by atoms with van der Waals surface area (Å²) in [4.78, 5) is 14.7. The Labute approximate surface area is 144 Å². The number of nitrogens with zero attached hydrogens (tertiary/aromatic N) is 1. The van der Waals surface area contributed by atoms with Crippen molar-refractivity contribution in [1.82, 2.24) is 4.90 Å². The molecule has 1 aliphatic carbocycles. The number of carbonyl (C=O) groups excluding carboxylic acids is 1. The van der Waals surface area contributed by atoms with Gasteiger partial charge in [-0.15, -0.1) is 0 Å². The van der Waals surface area contributed by atoms with Crippen LogP contribution in [0.15, 0.2) is 24.3 Å². The van der Waals surface area contributed by atoms with Crippen LogP contribution in [-0.2, 0) is 0 Å². The molecule has 4 heteroatoms. The van der Waals surface area contributed by atoms with Crippen molar-refractivity contribution < 1.29 is 4.79 Å². The number of benzene rings is 1. The number of piperidine rings is 1.